The van der Waals surface area contributed by atoms with Gasteiger partial charge in [0.2, 0.25) is 5.91 Å². The molecule has 0 aromatic heterocycles. The minimum Gasteiger partial charge on any atom is -0.497 e. The predicted molar refractivity (Wildman–Crippen MR) is 97.7 cm³/mol. The monoisotopic (exact) mass is 339 g/mol. The zero-order valence-corrected chi connectivity index (χ0v) is 14.8. The Morgan fingerprint density at radius 1 is 1.28 bits per heavy atom. The van der Waals surface area contributed by atoms with E-state index in [0.29, 0.717) is 12.8 Å². The highest BCUT2D eigenvalue weighted by molar-refractivity contribution is 5.78. The molecule has 3 rings (SSSR count). The fourth-order valence-corrected chi connectivity index (χ4v) is 3.56. The van der Waals surface area contributed by atoms with Crippen molar-refractivity contribution in [3.8, 4) is 5.75 Å². The van der Waals surface area contributed by atoms with Crippen molar-refractivity contribution in [3.05, 3.63) is 64.7 Å². The lowest BCUT2D eigenvalue weighted by molar-refractivity contribution is -0.122. The molecule has 1 unspecified atom stereocenters. The van der Waals surface area contributed by atoms with Gasteiger partial charge in [-0.25, -0.2) is 0 Å². The van der Waals surface area contributed by atoms with Gasteiger partial charge < -0.3 is 15.2 Å². The van der Waals surface area contributed by atoms with Gasteiger partial charge in [-0.05, 0) is 55.0 Å². The first-order valence-corrected chi connectivity index (χ1v) is 8.72. The molecule has 25 heavy (non-hydrogen) atoms. The summed E-state index contributed by atoms with van der Waals surface area (Å²) >= 11 is 0. The van der Waals surface area contributed by atoms with E-state index in [1.165, 1.54) is 0 Å². The summed E-state index contributed by atoms with van der Waals surface area (Å²) in [6.07, 6.45) is 2.79. The fourth-order valence-electron chi connectivity index (χ4n) is 3.56. The number of ether oxygens (including phenoxy) is 1. The summed E-state index contributed by atoms with van der Waals surface area (Å²) in [6, 6.07) is 13.7. The summed E-state index contributed by atoms with van der Waals surface area (Å²) in [5.41, 5.74) is 3.11. The van der Waals surface area contributed by atoms with Crippen LogP contribution in [0.25, 0.3) is 0 Å². The molecule has 1 aliphatic rings. The zero-order valence-electron chi connectivity index (χ0n) is 14.8. The van der Waals surface area contributed by atoms with Gasteiger partial charge in [0.05, 0.1) is 20.1 Å². The number of fused-ring (bicyclic) bond motifs is 1. The van der Waals surface area contributed by atoms with E-state index in [-0.39, 0.29) is 12.5 Å². The van der Waals surface area contributed by atoms with Crippen molar-refractivity contribution in [1.82, 2.24) is 5.32 Å². The molecule has 2 aromatic rings. The second-order valence-electron chi connectivity index (χ2n) is 6.85. The highest BCUT2D eigenvalue weighted by atomic mass is 16.5. The second kappa shape index (κ2) is 7.28. The molecule has 0 bridgehead atoms. The normalized spacial score (nSPS) is 19.2. The van der Waals surface area contributed by atoms with Crippen molar-refractivity contribution in [2.45, 2.75) is 38.2 Å². The van der Waals surface area contributed by atoms with Crippen molar-refractivity contribution in [2.75, 3.05) is 13.7 Å². The highest BCUT2D eigenvalue weighted by Crippen LogP contribution is 2.36. The molecule has 4 heteroatoms. The molecule has 2 aromatic carbocycles. The van der Waals surface area contributed by atoms with Crippen LogP contribution in [-0.2, 0) is 23.2 Å². The third-order valence-corrected chi connectivity index (χ3v) is 4.88. The summed E-state index contributed by atoms with van der Waals surface area (Å²) in [4.78, 5) is 12.3. The summed E-state index contributed by atoms with van der Waals surface area (Å²) in [5.74, 6) is 0.728. The Kier molecular flexibility index (Phi) is 5.09. The first-order chi connectivity index (χ1) is 12.0. The van der Waals surface area contributed by atoms with E-state index in [4.69, 9.17) is 4.74 Å². The largest absolute Gasteiger partial charge is 0.497 e. The van der Waals surface area contributed by atoms with E-state index in [0.717, 1.165) is 40.8 Å². The van der Waals surface area contributed by atoms with Crippen molar-refractivity contribution in [3.63, 3.8) is 0 Å². The fraction of sp³-hybridized carbons (Fsp3) is 0.381. The quantitative estimate of drug-likeness (QED) is 0.881. The van der Waals surface area contributed by atoms with E-state index in [2.05, 4.69) is 5.32 Å². The maximum Gasteiger partial charge on any atom is 0.224 e. The topological polar surface area (TPSA) is 58.6 Å². The summed E-state index contributed by atoms with van der Waals surface area (Å²) < 4.78 is 5.27. The number of benzene rings is 2. The molecule has 132 valence electrons. The van der Waals surface area contributed by atoms with E-state index in [1.807, 2.05) is 49.4 Å². The number of rotatable bonds is 5. The van der Waals surface area contributed by atoms with Gasteiger partial charge in [0.1, 0.15) is 11.4 Å². The maximum absolute atomic E-state index is 12.3. The molecule has 0 aliphatic heterocycles. The van der Waals surface area contributed by atoms with Crippen LogP contribution in [0.5, 0.6) is 5.75 Å². The van der Waals surface area contributed by atoms with E-state index >= 15 is 0 Å². The highest BCUT2D eigenvalue weighted by Gasteiger charge is 2.34. The third kappa shape index (κ3) is 4.02. The lowest BCUT2D eigenvalue weighted by atomic mass is 9.79. The molecule has 4 nitrogen and oxygen atoms in total. The van der Waals surface area contributed by atoms with E-state index in [1.54, 1.807) is 7.11 Å². The standard InChI is InChI=1S/C21H25NO3/c1-15-5-3-6-16(11-15)12-20(23)22-14-21(24)10-4-7-17-13-18(25-2)8-9-19(17)21/h3,5-6,8-9,11,13,24H,4,7,10,12,14H2,1-2H3,(H,22,23). The number of hydrogen-bond donors (Lipinski definition) is 2. The number of aliphatic hydroxyl groups is 1. The molecule has 1 amide bonds. The molecule has 0 heterocycles. The van der Waals surface area contributed by atoms with Crippen molar-refractivity contribution in [1.29, 1.82) is 0 Å². The number of carbonyl (C=O) groups is 1. The number of nitrogens with one attached hydrogen (secondary N) is 1. The Hall–Kier alpha value is -2.33. The van der Waals surface area contributed by atoms with Gasteiger partial charge in [-0.2, -0.15) is 0 Å². The van der Waals surface area contributed by atoms with Gasteiger partial charge in [-0.15, -0.1) is 0 Å². The predicted octanol–water partition coefficient (Wildman–Crippen LogP) is 2.89. The van der Waals surface area contributed by atoms with Crippen LogP contribution in [0.1, 0.15) is 35.1 Å². The van der Waals surface area contributed by atoms with Crippen LogP contribution in [0.15, 0.2) is 42.5 Å². The van der Waals surface area contributed by atoms with Gasteiger partial charge >= 0.3 is 0 Å². The molecule has 1 atom stereocenters. The summed E-state index contributed by atoms with van der Waals surface area (Å²) in [7, 11) is 1.64. The Morgan fingerprint density at radius 2 is 2.12 bits per heavy atom. The molecular weight excluding hydrogens is 314 g/mol. The second-order valence-corrected chi connectivity index (χ2v) is 6.85. The smallest absolute Gasteiger partial charge is 0.224 e. The number of carbonyl (C=O) groups excluding carboxylic acids is 1. The lowest BCUT2D eigenvalue weighted by Gasteiger charge is -2.35. The molecular formula is C21H25NO3. The van der Waals surface area contributed by atoms with Crippen molar-refractivity contribution >= 4 is 5.91 Å². The van der Waals surface area contributed by atoms with Crippen LogP contribution < -0.4 is 10.1 Å². The van der Waals surface area contributed by atoms with Crippen molar-refractivity contribution < 1.29 is 14.6 Å². The van der Waals surface area contributed by atoms with Gasteiger partial charge in [-0.3, -0.25) is 4.79 Å². The van der Waals surface area contributed by atoms with Crippen molar-refractivity contribution in [2.24, 2.45) is 0 Å². The zero-order chi connectivity index (χ0) is 17.9. The molecule has 0 radical (unpaired) electrons. The van der Waals surface area contributed by atoms with E-state index < -0.39 is 5.60 Å². The summed E-state index contributed by atoms with van der Waals surface area (Å²) in [5, 5.41) is 14.0. The Labute approximate surface area is 148 Å². The lowest BCUT2D eigenvalue weighted by Crippen LogP contribution is -2.43. The average Bonchev–Trinajstić information content (AvgIpc) is 2.60. The molecule has 0 spiro atoms. The summed E-state index contributed by atoms with van der Waals surface area (Å²) in [6.45, 7) is 2.24. The number of methoxy groups -OCH3 is 1. The van der Waals surface area contributed by atoms with Crippen LogP contribution in [0.2, 0.25) is 0 Å². The molecule has 1 aliphatic carbocycles. The van der Waals surface area contributed by atoms with E-state index in [9.17, 15) is 9.90 Å². The first kappa shape index (κ1) is 17.5. The van der Waals surface area contributed by atoms with Gasteiger partial charge in [0.25, 0.3) is 0 Å². The number of aryl methyl sites for hydroxylation is 2. The van der Waals surface area contributed by atoms with Crippen LogP contribution in [0.4, 0.5) is 0 Å². The third-order valence-electron chi connectivity index (χ3n) is 4.88. The molecule has 2 N–H and O–H groups in total. The minimum atomic E-state index is -1.01. The molecule has 0 saturated carbocycles. The average molecular weight is 339 g/mol. The SMILES string of the molecule is COc1ccc2c(c1)CCCC2(O)CNC(=O)Cc1cccc(C)c1. The Bertz CT molecular complexity index is 771. The van der Waals surface area contributed by atoms with Gasteiger partial charge in [0, 0.05) is 0 Å². The first-order valence-electron chi connectivity index (χ1n) is 8.72. The maximum atomic E-state index is 12.3. The van der Waals surface area contributed by atoms with Gasteiger partial charge in [-0.1, -0.05) is 35.9 Å². The van der Waals surface area contributed by atoms with Crippen LogP contribution in [0.3, 0.4) is 0 Å². The Morgan fingerprint density at radius 3 is 2.88 bits per heavy atom. The minimum absolute atomic E-state index is 0.0698. The number of amides is 1. The Balaban J connectivity index is 1.68. The van der Waals surface area contributed by atoms with Gasteiger partial charge in [0.15, 0.2) is 0 Å². The van der Waals surface area contributed by atoms with Crippen LogP contribution in [0, 0.1) is 6.92 Å². The number of hydrogen-bond acceptors (Lipinski definition) is 3. The molecule has 0 fully saturated rings. The van der Waals surface area contributed by atoms with Crippen LogP contribution in [-0.4, -0.2) is 24.7 Å². The molecule has 0 saturated heterocycles. The van der Waals surface area contributed by atoms with Crippen LogP contribution >= 0.6 is 0 Å².